The molecule has 0 saturated heterocycles. The normalized spacial score (nSPS) is 13.5. The molecule has 8 nitrogen and oxygen atoms in total. The maximum absolute atomic E-state index is 13.5. The molecule has 4 aromatic heterocycles. The van der Waals surface area contributed by atoms with Crippen molar-refractivity contribution in [1.82, 2.24) is 19.6 Å². The van der Waals surface area contributed by atoms with Crippen LogP contribution in [0.4, 0.5) is 14.5 Å². The number of aromatic nitrogens is 4. The number of carbonyl (C=O) groups excluding carboxylic acids is 2. The van der Waals surface area contributed by atoms with Crippen molar-refractivity contribution in [3.8, 4) is 11.3 Å². The van der Waals surface area contributed by atoms with Crippen LogP contribution in [0, 0.1) is 6.92 Å². The van der Waals surface area contributed by atoms with Gasteiger partial charge in [-0.05, 0) is 43.4 Å². The number of halogens is 2. The highest BCUT2D eigenvalue weighted by Gasteiger charge is 2.32. The van der Waals surface area contributed by atoms with Gasteiger partial charge in [-0.3, -0.25) is 9.59 Å². The molecule has 1 fully saturated rings. The average Bonchev–Trinajstić information content (AvgIpc) is 3.53. The molecule has 0 unspecified atom stereocenters. The third-order valence-corrected chi connectivity index (χ3v) is 7.51. The fraction of sp³-hybridized carbons (Fsp3) is 0.192. The molecule has 1 aliphatic carbocycles. The number of alkyl halides is 2. The smallest absolute Gasteiger partial charge is 0.280 e. The zero-order valence-corrected chi connectivity index (χ0v) is 20.4. The molecule has 11 heteroatoms. The van der Waals surface area contributed by atoms with E-state index in [0.717, 1.165) is 41.0 Å². The quantitative estimate of drug-likeness (QED) is 0.309. The van der Waals surface area contributed by atoms with Crippen LogP contribution in [-0.4, -0.2) is 31.4 Å². The number of fused-ring (bicyclic) bond motifs is 2. The van der Waals surface area contributed by atoms with Crippen LogP contribution < -0.4 is 11.1 Å². The summed E-state index contributed by atoms with van der Waals surface area (Å²) >= 11 is 0.896. The van der Waals surface area contributed by atoms with Crippen LogP contribution in [0.1, 0.15) is 62.0 Å². The lowest BCUT2D eigenvalue weighted by Crippen LogP contribution is -2.17. The number of nitrogens with one attached hydrogen (secondary N) is 1. The largest absolute Gasteiger partial charge is 0.365 e. The second-order valence-electron chi connectivity index (χ2n) is 9.01. The predicted octanol–water partition coefficient (Wildman–Crippen LogP) is 5.48. The van der Waals surface area contributed by atoms with Gasteiger partial charge in [0.1, 0.15) is 21.0 Å². The SMILES string of the molecule is Cc1ccc(-c2ccnc3c(C(=O)Nc4c(C(N)=O)sc5nc(C(F)F)cc(C6CC6)c45)cnn23)cc1. The van der Waals surface area contributed by atoms with E-state index in [1.807, 2.05) is 31.2 Å². The molecule has 0 spiro atoms. The highest BCUT2D eigenvalue weighted by Crippen LogP contribution is 2.48. The summed E-state index contributed by atoms with van der Waals surface area (Å²) < 4.78 is 28.6. The number of hydrogen-bond donors (Lipinski definition) is 2. The zero-order chi connectivity index (χ0) is 25.8. The van der Waals surface area contributed by atoms with Crippen LogP contribution in [0.15, 0.2) is 48.8 Å². The first kappa shape index (κ1) is 23.2. The van der Waals surface area contributed by atoms with Gasteiger partial charge in [-0.15, -0.1) is 11.3 Å². The Hall–Kier alpha value is -4.25. The summed E-state index contributed by atoms with van der Waals surface area (Å²) in [5, 5.41) is 7.66. The maximum Gasteiger partial charge on any atom is 0.280 e. The Morgan fingerprint density at radius 2 is 1.95 bits per heavy atom. The van der Waals surface area contributed by atoms with Crippen LogP contribution in [-0.2, 0) is 0 Å². The number of hydrogen-bond acceptors (Lipinski definition) is 6. The number of nitrogens with two attached hydrogens (primary N) is 1. The minimum absolute atomic E-state index is 0.0499. The molecule has 4 heterocycles. The number of thiophene rings is 1. The number of benzene rings is 1. The van der Waals surface area contributed by atoms with Crippen molar-refractivity contribution in [3.05, 3.63) is 76.1 Å². The van der Waals surface area contributed by atoms with E-state index in [0.29, 0.717) is 16.6 Å². The third kappa shape index (κ3) is 4.01. The Morgan fingerprint density at radius 3 is 2.62 bits per heavy atom. The molecular weight excluding hydrogens is 498 g/mol. The van der Waals surface area contributed by atoms with Gasteiger partial charge in [-0.1, -0.05) is 29.8 Å². The molecule has 0 bridgehead atoms. The molecule has 6 rings (SSSR count). The number of primary amides is 1. The molecule has 37 heavy (non-hydrogen) atoms. The highest BCUT2D eigenvalue weighted by atomic mass is 32.1. The first-order chi connectivity index (χ1) is 17.8. The fourth-order valence-corrected chi connectivity index (χ4v) is 5.47. The van der Waals surface area contributed by atoms with E-state index in [9.17, 15) is 18.4 Å². The van der Waals surface area contributed by atoms with Gasteiger partial charge in [-0.25, -0.2) is 23.3 Å². The van der Waals surface area contributed by atoms with Crippen molar-refractivity contribution in [2.45, 2.75) is 32.1 Å². The number of pyridine rings is 1. The summed E-state index contributed by atoms with van der Waals surface area (Å²) in [7, 11) is 0. The van der Waals surface area contributed by atoms with Gasteiger partial charge >= 0.3 is 0 Å². The van der Waals surface area contributed by atoms with Crippen molar-refractivity contribution in [2.24, 2.45) is 5.73 Å². The lowest BCUT2D eigenvalue weighted by molar-refractivity contribution is 0.100. The summed E-state index contributed by atoms with van der Waals surface area (Å²) in [6.45, 7) is 2.00. The lowest BCUT2D eigenvalue weighted by Gasteiger charge is -2.10. The van der Waals surface area contributed by atoms with Gasteiger partial charge in [-0.2, -0.15) is 5.10 Å². The van der Waals surface area contributed by atoms with Crippen LogP contribution in [0.25, 0.3) is 27.1 Å². The van der Waals surface area contributed by atoms with Crippen molar-refractivity contribution < 1.29 is 18.4 Å². The summed E-state index contributed by atoms with van der Waals surface area (Å²) in [6.07, 6.45) is 1.90. The number of nitrogens with zero attached hydrogens (tertiary/aromatic N) is 4. The van der Waals surface area contributed by atoms with Gasteiger partial charge < -0.3 is 11.1 Å². The molecule has 0 atom stereocenters. The first-order valence-electron chi connectivity index (χ1n) is 11.6. The van der Waals surface area contributed by atoms with Gasteiger partial charge in [0.15, 0.2) is 5.65 Å². The molecule has 1 saturated carbocycles. The molecule has 0 aliphatic heterocycles. The molecule has 2 amide bonds. The van der Waals surface area contributed by atoms with Crippen molar-refractivity contribution in [2.75, 3.05) is 5.32 Å². The van der Waals surface area contributed by atoms with Gasteiger partial charge in [0.25, 0.3) is 18.2 Å². The van der Waals surface area contributed by atoms with Crippen LogP contribution in [0.3, 0.4) is 0 Å². The van der Waals surface area contributed by atoms with Gasteiger partial charge in [0, 0.05) is 17.1 Å². The number of amides is 2. The minimum Gasteiger partial charge on any atom is -0.365 e. The van der Waals surface area contributed by atoms with Crippen molar-refractivity contribution in [3.63, 3.8) is 0 Å². The molecule has 3 N–H and O–H groups in total. The van der Waals surface area contributed by atoms with Crippen LogP contribution in [0.2, 0.25) is 0 Å². The van der Waals surface area contributed by atoms with Gasteiger partial charge in [0.05, 0.1) is 17.6 Å². The second-order valence-corrected chi connectivity index (χ2v) is 10.0. The standard InChI is InChI=1S/C26H20F2N6O2S/c1-12-2-4-14(5-3-12)18-8-9-30-24-16(11-31-34(18)24)25(36)33-20-19-15(13-6-7-13)10-17(22(27)28)32-26(19)37-21(20)23(29)35/h2-5,8-11,13,22H,6-7H2,1H3,(H2,29,35)(H,33,36). The summed E-state index contributed by atoms with van der Waals surface area (Å²) in [5.41, 5.74) is 9.36. The van der Waals surface area contributed by atoms with E-state index in [1.165, 1.54) is 12.3 Å². The molecule has 186 valence electrons. The Kier molecular flexibility index (Phi) is 5.45. The highest BCUT2D eigenvalue weighted by molar-refractivity contribution is 7.21. The summed E-state index contributed by atoms with van der Waals surface area (Å²) in [6, 6.07) is 11.1. The zero-order valence-electron chi connectivity index (χ0n) is 19.5. The van der Waals surface area contributed by atoms with E-state index >= 15 is 0 Å². The third-order valence-electron chi connectivity index (χ3n) is 6.41. The molecule has 0 radical (unpaired) electrons. The number of rotatable bonds is 6. The second kappa shape index (κ2) is 8.70. The number of anilines is 1. The van der Waals surface area contributed by atoms with E-state index in [-0.39, 0.29) is 32.6 Å². The minimum atomic E-state index is -2.76. The Morgan fingerprint density at radius 1 is 1.19 bits per heavy atom. The average molecular weight is 519 g/mol. The topological polar surface area (TPSA) is 115 Å². The Balaban J connectivity index is 1.45. The van der Waals surface area contributed by atoms with Crippen LogP contribution in [0.5, 0.6) is 0 Å². The lowest BCUT2D eigenvalue weighted by atomic mass is 10.0. The molecule has 1 aliphatic rings. The Bertz CT molecular complexity index is 1710. The molecule has 1 aromatic carbocycles. The van der Waals surface area contributed by atoms with Crippen molar-refractivity contribution >= 4 is 44.7 Å². The van der Waals surface area contributed by atoms with E-state index in [1.54, 1.807) is 16.8 Å². The number of aryl methyl sites for hydroxylation is 1. The Labute approximate surface area is 213 Å². The fourth-order valence-electron chi connectivity index (χ4n) is 4.44. The van der Waals surface area contributed by atoms with E-state index in [4.69, 9.17) is 5.73 Å². The molecule has 5 aromatic rings. The monoisotopic (exact) mass is 518 g/mol. The predicted molar refractivity (Wildman–Crippen MR) is 136 cm³/mol. The first-order valence-corrected chi connectivity index (χ1v) is 12.4. The maximum atomic E-state index is 13.5. The van der Waals surface area contributed by atoms with E-state index in [2.05, 4.69) is 20.4 Å². The summed E-state index contributed by atoms with van der Waals surface area (Å²) in [4.78, 5) is 34.5. The van der Waals surface area contributed by atoms with Gasteiger partial charge in [0.2, 0.25) is 0 Å². The van der Waals surface area contributed by atoms with Crippen LogP contribution >= 0.6 is 11.3 Å². The summed E-state index contributed by atoms with van der Waals surface area (Å²) in [5.74, 6) is -1.27. The number of carbonyl (C=O) groups is 2. The molecular formula is C26H20F2N6O2S. The van der Waals surface area contributed by atoms with Crippen molar-refractivity contribution in [1.29, 1.82) is 0 Å². The van der Waals surface area contributed by atoms with E-state index < -0.39 is 18.2 Å².